The number of rotatable bonds is 17. The molecule has 3 heteroatoms. The molecule has 0 aromatic carbocycles. The van der Waals surface area contributed by atoms with Crippen molar-refractivity contribution in [1.29, 1.82) is 0 Å². The number of aliphatic hydroxyl groups excluding tert-OH is 1. The molecule has 1 N–H and O–H groups in total. The third-order valence-corrected chi connectivity index (χ3v) is 4.84. The van der Waals surface area contributed by atoms with Gasteiger partial charge < -0.3 is 9.90 Å². The summed E-state index contributed by atoms with van der Waals surface area (Å²) in [5.41, 5.74) is -0.965. The zero-order valence-electron chi connectivity index (χ0n) is 16.3. The van der Waals surface area contributed by atoms with Gasteiger partial charge in [-0.15, -0.1) is 0 Å². The lowest BCUT2D eigenvalue weighted by Crippen LogP contribution is -2.37. The van der Waals surface area contributed by atoms with Crippen LogP contribution in [0.5, 0.6) is 0 Å². The summed E-state index contributed by atoms with van der Waals surface area (Å²) < 4.78 is 0. The zero-order chi connectivity index (χ0) is 18.3. The second-order valence-corrected chi connectivity index (χ2v) is 7.80. The topological polar surface area (TPSA) is 54.4 Å². The van der Waals surface area contributed by atoms with Crippen molar-refractivity contribution in [2.75, 3.05) is 0 Å². The first kappa shape index (κ1) is 23.3. The molecule has 0 rings (SSSR count). The van der Waals surface area contributed by atoms with Gasteiger partial charge in [-0.25, -0.2) is 0 Å². The Kier molecular flexibility index (Phi) is 14.2. The van der Waals surface area contributed by atoms with E-state index in [1.54, 1.807) is 13.8 Å². The van der Waals surface area contributed by atoms with Gasteiger partial charge in [-0.05, 0) is 6.42 Å². The quantitative estimate of drug-likeness (QED) is 0.276. The van der Waals surface area contributed by atoms with Crippen molar-refractivity contribution in [2.45, 2.75) is 117 Å². The maximum Gasteiger partial charge on any atom is 0.162 e. The predicted molar refractivity (Wildman–Crippen MR) is 101 cm³/mol. The fourth-order valence-corrected chi connectivity index (χ4v) is 2.93. The number of carbonyl (C=O) groups excluding carboxylic acids is 2. The fourth-order valence-electron chi connectivity index (χ4n) is 2.93. The van der Waals surface area contributed by atoms with E-state index in [9.17, 15) is 14.7 Å². The Morgan fingerprint density at radius 2 is 1.21 bits per heavy atom. The van der Waals surface area contributed by atoms with Crippen molar-refractivity contribution in [3.8, 4) is 0 Å². The summed E-state index contributed by atoms with van der Waals surface area (Å²) in [6.07, 6.45) is 16.4. The highest BCUT2D eigenvalue weighted by molar-refractivity contribution is 5.86. The lowest BCUT2D eigenvalue weighted by atomic mass is 9.84. The van der Waals surface area contributed by atoms with Crippen LogP contribution in [0, 0.1) is 5.41 Å². The number of aldehydes is 1. The average Bonchev–Trinajstić information content (AvgIpc) is 2.58. The summed E-state index contributed by atoms with van der Waals surface area (Å²) in [5, 5.41) is 9.86. The molecule has 0 radical (unpaired) electrons. The SMILES string of the molecule is CCCCCCCCCCCCCCCC(=O)C(O)C(C)(C)C=O. The second kappa shape index (κ2) is 14.6. The van der Waals surface area contributed by atoms with Gasteiger partial charge in [0.15, 0.2) is 5.78 Å². The summed E-state index contributed by atoms with van der Waals surface area (Å²) in [4.78, 5) is 22.7. The Bertz CT molecular complexity index is 323. The van der Waals surface area contributed by atoms with E-state index in [1.165, 1.54) is 64.2 Å². The predicted octanol–water partition coefficient (Wildman–Crippen LogP) is 5.62. The largest absolute Gasteiger partial charge is 0.384 e. The van der Waals surface area contributed by atoms with Crippen LogP contribution in [0.2, 0.25) is 0 Å². The van der Waals surface area contributed by atoms with Crippen LogP contribution in [0.3, 0.4) is 0 Å². The highest BCUT2D eigenvalue weighted by Crippen LogP contribution is 2.20. The molecule has 0 spiro atoms. The van der Waals surface area contributed by atoms with Gasteiger partial charge in [0.2, 0.25) is 0 Å². The minimum Gasteiger partial charge on any atom is -0.384 e. The van der Waals surface area contributed by atoms with Crippen LogP contribution >= 0.6 is 0 Å². The highest BCUT2D eigenvalue weighted by atomic mass is 16.3. The normalized spacial score (nSPS) is 13.0. The Morgan fingerprint density at radius 3 is 1.58 bits per heavy atom. The minimum atomic E-state index is -1.16. The molecular formula is C21H40O3. The van der Waals surface area contributed by atoms with E-state index >= 15 is 0 Å². The van der Waals surface area contributed by atoms with Crippen LogP contribution in [-0.2, 0) is 9.59 Å². The van der Waals surface area contributed by atoms with Gasteiger partial charge in [0.05, 0.1) is 5.41 Å². The lowest BCUT2D eigenvalue weighted by Gasteiger charge is -2.22. The van der Waals surface area contributed by atoms with Crippen LogP contribution in [0.15, 0.2) is 0 Å². The van der Waals surface area contributed by atoms with E-state index in [4.69, 9.17) is 0 Å². The molecule has 0 aromatic heterocycles. The van der Waals surface area contributed by atoms with Crippen molar-refractivity contribution in [1.82, 2.24) is 0 Å². The van der Waals surface area contributed by atoms with Gasteiger partial charge in [-0.2, -0.15) is 0 Å². The van der Waals surface area contributed by atoms with Gasteiger partial charge in [-0.3, -0.25) is 4.79 Å². The summed E-state index contributed by atoms with van der Waals surface area (Å²) in [5.74, 6) is -0.199. The Labute approximate surface area is 149 Å². The molecule has 0 amide bonds. The van der Waals surface area contributed by atoms with Gasteiger partial charge in [-0.1, -0.05) is 97.8 Å². The highest BCUT2D eigenvalue weighted by Gasteiger charge is 2.32. The number of Topliss-reactive ketones (excluding diaryl/α,β-unsaturated/α-hetero) is 1. The first-order chi connectivity index (χ1) is 11.5. The molecule has 3 nitrogen and oxygen atoms in total. The maximum absolute atomic E-state index is 11.8. The summed E-state index contributed by atoms with van der Waals surface area (Å²) in [6, 6.07) is 0. The van der Waals surface area contributed by atoms with Crippen molar-refractivity contribution >= 4 is 12.1 Å². The van der Waals surface area contributed by atoms with Crippen molar-refractivity contribution in [3.05, 3.63) is 0 Å². The molecule has 0 aliphatic rings. The zero-order valence-corrected chi connectivity index (χ0v) is 16.3. The molecule has 1 unspecified atom stereocenters. The number of unbranched alkanes of at least 4 members (excludes halogenated alkanes) is 12. The van der Waals surface area contributed by atoms with Crippen molar-refractivity contribution in [2.24, 2.45) is 5.41 Å². The molecular weight excluding hydrogens is 300 g/mol. The van der Waals surface area contributed by atoms with Gasteiger partial charge in [0, 0.05) is 6.42 Å². The van der Waals surface area contributed by atoms with Crippen LogP contribution in [0.1, 0.15) is 111 Å². The fraction of sp³-hybridized carbons (Fsp3) is 0.905. The van der Waals surface area contributed by atoms with E-state index in [0.29, 0.717) is 12.7 Å². The van der Waals surface area contributed by atoms with E-state index in [-0.39, 0.29) is 5.78 Å². The Morgan fingerprint density at radius 1 is 0.833 bits per heavy atom. The molecule has 24 heavy (non-hydrogen) atoms. The monoisotopic (exact) mass is 340 g/mol. The lowest BCUT2D eigenvalue weighted by molar-refractivity contribution is -0.138. The molecule has 0 fully saturated rings. The maximum atomic E-state index is 11.8. The van der Waals surface area contributed by atoms with E-state index in [1.807, 2.05) is 0 Å². The molecule has 142 valence electrons. The molecule has 0 heterocycles. The van der Waals surface area contributed by atoms with Gasteiger partial charge >= 0.3 is 0 Å². The van der Waals surface area contributed by atoms with Crippen LogP contribution in [0.4, 0.5) is 0 Å². The van der Waals surface area contributed by atoms with Crippen molar-refractivity contribution < 1.29 is 14.7 Å². The van der Waals surface area contributed by atoms with Crippen molar-refractivity contribution in [3.63, 3.8) is 0 Å². The first-order valence-corrected chi connectivity index (χ1v) is 10.1. The molecule has 0 saturated carbocycles. The Hall–Kier alpha value is -0.700. The summed E-state index contributed by atoms with van der Waals surface area (Å²) >= 11 is 0. The number of hydrogen-bond acceptors (Lipinski definition) is 3. The molecule has 1 atom stereocenters. The van der Waals surface area contributed by atoms with Gasteiger partial charge in [0.1, 0.15) is 12.4 Å². The molecule has 0 aliphatic heterocycles. The molecule has 0 bridgehead atoms. The smallest absolute Gasteiger partial charge is 0.162 e. The summed E-state index contributed by atoms with van der Waals surface area (Å²) in [6.45, 7) is 5.46. The van der Waals surface area contributed by atoms with Crippen LogP contribution in [0.25, 0.3) is 0 Å². The first-order valence-electron chi connectivity index (χ1n) is 10.1. The van der Waals surface area contributed by atoms with E-state index in [0.717, 1.165) is 19.3 Å². The van der Waals surface area contributed by atoms with E-state index in [2.05, 4.69) is 6.92 Å². The summed E-state index contributed by atoms with van der Waals surface area (Å²) in [7, 11) is 0. The number of hydrogen-bond donors (Lipinski definition) is 1. The number of carbonyl (C=O) groups is 2. The molecule has 0 saturated heterocycles. The standard InChI is InChI=1S/C21H40O3/c1-4-5-6-7-8-9-10-11-12-13-14-15-16-17-19(23)20(24)21(2,3)18-22/h18,20,24H,4-17H2,1-3H3. The number of aliphatic hydroxyl groups is 1. The average molecular weight is 341 g/mol. The van der Waals surface area contributed by atoms with Crippen LogP contribution < -0.4 is 0 Å². The molecule has 0 aromatic rings. The Balaban J connectivity index is 3.39. The minimum absolute atomic E-state index is 0.199. The second-order valence-electron chi connectivity index (χ2n) is 7.80. The third-order valence-electron chi connectivity index (χ3n) is 4.84. The van der Waals surface area contributed by atoms with Gasteiger partial charge in [0.25, 0.3) is 0 Å². The number of ketones is 1. The van der Waals surface area contributed by atoms with E-state index < -0.39 is 11.5 Å². The third kappa shape index (κ3) is 11.8. The van der Waals surface area contributed by atoms with Crippen LogP contribution in [-0.4, -0.2) is 23.3 Å². The molecule has 0 aliphatic carbocycles.